The molecule has 0 aromatic heterocycles. The van der Waals surface area contributed by atoms with Gasteiger partial charge in [0.15, 0.2) is 0 Å². The number of hydrogen-bond acceptors (Lipinski definition) is 5. The lowest BCUT2D eigenvalue weighted by molar-refractivity contribution is -0.149. The van der Waals surface area contributed by atoms with Crippen molar-refractivity contribution in [2.75, 3.05) is 32.8 Å². The van der Waals surface area contributed by atoms with E-state index in [9.17, 15) is 14.4 Å². The molecular weight excluding hydrogens is 731 g/mol. The van der Waals surface area contributed by atoms with Crippen LogP contribution in [-0.4, -0.2) is 72.5 Å². The van der Waals surface area contributed by atoms with Crippen molar-refractivity contribution in [3.63, 3.8) is 0 Å². The number of piperidine rings is 1. The van der Waals surface area contributed by atoms with E-state index in [1.54, 1.807) is 0 Å². The maximum Gasteiger partial charge on any atom is 0.306 e. The quantitative estimate of drug-likeness (QED) is 0.0383. The SMILES string of the molecule is CCCCCCCCCCCCOC(=O)CCC(=O)N(CC(CCCCCCCC)CCCCCCCCCC)C(C(=O)NC1CCCCCC1)C1CCCN(CC)C1. The third-order valence-electron chi connectivity index (χ3n) is 13.8. The van der Waals surface area contributed by atoms with Crippen LogP contribution < -0.4 is 5.32 Å². The van der Waals surface area contributed by atoms with Crippen molar-refractivity contribution in [2.24, 2.45) is 11.8 Å². The van der Waals surface area contributed by atoms with E-state index >= 15 is 0 Å². The zero-order valence-corrected chi connectivity index (χ0v) is 39.8. The van der Waals surface area contributed by atoms with Crippen LogP contribution in [0.3, 0.4) is 0 Å². The molecule has 59 heavy (non-hydrogen) atoms. The molecule has 0 aromatic carbocycles. The van der Waals surface area contributed by atoms with Crippen molar-refractivity contribution >= 4 is 17.8 Å². The average molecular weight is 830 g/mol. The minimum Gasteiger partial charge on any atom is -0.466 e. The molecule has 0 aromatic rings. The van der Waals surface area contributed by atoms with Gasteiger partial charge in [-0.25, -0.2) is 0 Å². The molecular formula is C52H99N3O4. The Kier molecular flexibility index (Phi) is 33.5. The Balaban J connectivity index is 2.19. The number of likely N-dealkylation sites (tertiary alicyclic amines) is 1. The van der Waals surface area contributed by atoms with Crippen LogP contribution >= 0.6 is 0 Å². The van der Waals surface area contributed by atoms with E-state index in [2.05, 4.69) is 37.9 Å². The number of rotatable bonds is 37. The first-order valence-corrected chi connectivity index (χ1v) is 26.4. The molecule has 7 heteroatoms. The molecule has 1 saturated heterocycles. The highest BCUT2D eigenvalue weighted by Gasteiger charge is 2.40. The summed E-state index contributed by atoms with van der Waals surface area (Å²) in [6.45, 7) is 13.0. The largest absolute Gasteiger partial charge is 0.466 e. The highest BCUT2D eigenvalue weighted by atomic mass is 16.5. The molecule has 3 unspecified atom stereocenters. The molecule has 346 valence electrons. The van der Waals surface area contributed by atoms with Crippen LogP contribution in [0.25, 0.3) is 0 Å². The standard InChI is InChI=1S/C52H99N3O4/c1-5-9-12-15-18-20-21-23-28-33-43-59-50(57)41-40-49(56)55(44-46(35-29-24-17-14-11-7-3)36-30-25-22-19-16-13-10-6-2)51(47-37-34-42-54(8-4)45-47)52(58)53-48-38-31-26-27-32-39-48/h46-48,51H,5-45H2,1-4H3,(H,53,58). The molecule has 1 saturated carbocycles. The van der Waals surface area contributed by atoms with Gasteiger partial charge in [0, 0.05) is 31.5 Å². The molecule has 2 fully saturated rings. The molecule has 1 aliphatic carbocycles. The third-order valence-corrected chi connectivity index (χ3v) is 13.8. The second-order valence-corrected chi connectivity index (χ2v) is 19.1. The predicted molar refractivity (Wildman–Crippen MR) is 251 cm³/mol. The molecule has 1 aliphatic heterocycles. The Morgan fingerprint density at radius 1 is 0.593 bits per heavy atom. The summed E-state index contributed by atoms with van der Waals surface area (Å²) in [7, 11) is 0. The monoisotopic (exact) mass is 830 g/mol. The smallest absolute Gasteiger partial charge is 0.306 e. The van der Waals surface area contributed by atoms with E-state index in [0.29, 0.717) is 19.1 Å². The Hall–Kier alpha value is -1.63. The number of unbranched alkanes of at least 4 members (excludes halogenated alkanes) is 21. The summed E-state index contributed by atoms with van der Waals surface area (Å²) in [5, 5.41) is 3.54. The number of nitrogens with zero attached hydrogens (tertiary/aromatic N) is 2. The Labute approximate surface area is 366 Å². The number of carbonyl (C=O) groups excluding carboxylic acids is 3. The van der Waals surface area contributed by atoms with E-state index in [4.69, 9.17) is 4.74 Å². The average Bonchev–Trinajstić information content (AvgIpc) is 3.52. The summed E-state index contributed by atoms with van der Waals surface area (Å²) >= 11 is 0. The molecule has 1 heterocycles. The van der Waals surface area contributed by atoms with Crippen molar-refractivity contribution in [1.29, 1.82) is 0 Å². The lowest BCUT2D eigenvalue weighted by Gasteiger charge is -2.42. The fourth-order valence-electron chi connectivity index (χ4n) is 9.91. The summed E-state index contributed by atoms with van der Waals surface area (Å²) in [4.78, 5) is 47.1. The van der Waals surface area contributed by atoms with Gasteiger partial charge in [-0.2, -0.15) is 0 Å². The lowest BCUT2D eigenvalue weighted by atomic mass is 9.86. The van der Waals surface area contributed by atoms with Crippen molar-refractivity contribution in [3.8, 4) is 0 Å². The number of amides is 2. The van der Waals surface area contributed by atoms with Crippen LogP contribution in [0.15, 0.2) is 0 Å². The van der Waals surface area contributed by atoms with Crippen LogP contribution in [0.5, 0.6) is 0 Å². The van der Waals surface area contributed by atoms with Crippen LogP contribution in [0.1, 0.15) is 259 Å². The Morgan fingerprint density at radius 2 is 1.08 bits per heavy atom. The topological polar surface area (TPSA) is 79.0 Å². The van der Waals surface area contributed by atoms with Crippen LogP contribution in [0.4, 0.5) is 0 Å². The highest BCUT2D eigenvalue weighted by Crippen LogP contribution is 2.29. The van der Waals surface area contributed by atoms with Crippen molar-refractivity contribution < 1.29 is 19.1 Å². The summed E-state index contributed by atoms with van der Waals surface area (Å²) in [6.07, 6.45) is 41.7. The molecule has 1 N–H and O–H groups in total. The maximum absolute atomic E-state index is 14.8. The first kappa shape index (κ1) is 53.5. The zero-order chi connectivity index (χ0) is 42.6. The Morgan fingerprint density at radius 3 is 1.59 bits per heavy atom. The minimum absolute atomic E-state index is 0.0283. The van der Waals surface area contributed by atoms with E-state index < -0.39 is 6.04 Å². The van der Waals surface area contributed by atoms with Crippen LogP contribution in [0.2, 0.25) is 0 Å². The van der Waals surface area contributed by atoms with Gasteiger partial charge < -0.3 is 19.9 Å². The van der Waals surface area contributed by atoms with Gasteiger partial charge in [0.25, 0.3) is 0 Å². The van der Waals surface area contributed by atoms with Gasteiger partial charge in [0.2, 0.25) is 11.8 Å². The summed E-state index contributed by atoms with van der Waals surface area (Å²) < 4.78 is 5.70. The van der Waals surface area contributed by atoms with Gasteiger partial charge in [-0.05, 0) is 64.0 Å². The van der Waals surface area contributed by atoms with E-state index in [1.165, 1.54) is 154 Å². The molecule has 2 aliphatic rings. The molecule has 2 amide bonds. The molecule has 3 atom stereocenters. The van der Waals surface area contributed by atoms with E-state index in [1.807, 2.05) is 4.90 Å². The normalized spacial score (nSPS) is 17.7. The highest BCUT2D eigenvalue weighted by molar-refractivity contribution is 5.89. The van der Waals surface area contributed by atoms with Gasteiger partial charge in [-0.3, -0.25) is 14.4 Å². The van der Waals surface area contributed by atoms with E-state index in [0.717, 1.165) is 83.8 Å². The lowest BCUT2D eigenvalue weighted by Crippen LogP contribution is -2.58. The third kappa shape index (κ3) is 26.5. The summed E-state index contributed by atoms with van der Waals surface area (Å²) in [5.74, 6) is 0.222. The summed E-state index contributed by atoms with van der Waals surface area (Å²) in [5.41, 5.74) is 0. The van der Waals surface area contributed by atoms with Gasteiger partial charge in [0.05, 0.1) is 13.0 Å². The molecule has 0 spiro atoms. The van der Waals surface area contributed by atoms with Crippen molar-refractivity contribution in [3.05, 3.63) is 0 Å². The summed E-state index contributed by atoms with van der Waals surface area (Å²) in [6, 6.07) is -0.305. The number of carbonyl (C=O) groups is 3. The van der Waals surface area contributed by atoms with Crippen LogP contribution in [-0.2, 0) is 19.1 Å². The number of nitrogens with one attached hydrogen (secondary N) is 1. The molecule has 2 rings (SSSR count). The number of hydrogen-bond donors (Lipinski definition) is 1. The molecule has 0 bridgehead atoms. The molecule has 0 radical (unpaired) electrons. The number of esters is 1. The van der Waals surface area contributed by atoms with E-state index in [-0.39, 0.29) is 42.6 Å². The van der Waals surface area contributed by atoms with Crippen molar-refractivity contribution in [2.45, 2.75) is 271 Å². The van der Waals surface area contributed by atoms with Gasteiger partial charge in [-0.15, -0.1) is 0 Å². The van der Waals surface area contributed by atoms with Gasteiger partial charge in [-0.1, -0.05) is 201 Å². The second-order valence-electron chi connectivity index (χ2n) is 19.1. The minimum atomic E-state index is -0.492. The molecule has 7 nitrogen and oxygen atoms in total. The van der Waals surface area contributed by atoms with Gasteiger partial charge in [0.1, 0.15) is 6.04 Å². The Bertz CT molecular complexity index is 1010. The van der Waals surface area contributed by atoms with Crippen LogP contribution in [0, 0.1) is 11.8 Å². The fraction of sp³-hybridized carbons (Fsp3) is 0.942. The van der Waals surface area contributed by atoms with Crippen molar-refractivity contribution in [1.82, 2.24) is 15.1 Å². The number of ether oxygens (including phenoxy) is 1. The maximum atomic E-state index is 14.8. The van der Waals surface area contributed by atoms with Gasteiger partial charge >= 0.3 is 5.97 Å². The zero-order valence-electron chi connectivity index (χ0n) is 39.8. The second kappa shape index (κ2) is 37.0. The first-order chi connectivity index (χ1) is 28.9. The predicted octanol–water partition coefficient (Wildman–Crippen LogP) is 13.9. The first-order valence-electron chi connectivity index (χ1n) is 26.4. The fourth-order valence-corrected chi connectivity index (χ4v) is 9.91.